The van der Waals surface area contributed by atoms with Gasteiger partial charge in [0.2, 0.25) is 5.88 Å². The predicted molar refractivity (Wildman–Crippen MR) is 108 cm³/mol. The van der Waals surface area contributed by atoms with E-state index in [1.54, 1.807) is 0 Å². The summed E-state index contributed by atoms with van der Waals surface area (Å²) in [6.45, 7) is -3.88. The van der Waals surface area contributed by atoms with Gasteiger partial charge in [-0.1, -0.05) is 11.8 Å². The molecule has 3 N–H and O–H groups in total. The van der Waals surface area contributed by atoms with Crippen molar-refractivity contribution in [1.82, 2.24) is 9.97 Å². The van der Waals surface area contributed by atoms with Crippen molar-refractivity contribution in [2.75, 3.05) is 24.4 Å². The fourth-order valence-corrected chi connectivity index (χ4v) is 4.80. The molecule has 2 aromatic rings. The van der Waals surface area contributed by atoms with Crippen LogP contribution in [0.2, 0.25) is 0 Å². The van der Waals surface area contributed by atoms with Gasteiger partial charge < -0.3 is 20.5 Å². The summed E-state index contributed by atoms with van der Waals surface area (Å²) in [6, 6.07) is 3.87. The number of hydrogen-bond acceptors (Lipinski definition) is 8. The van der Waals surface area contributed by atoms with Crippen LogP contribution in [0.1, 0.15) is 16.1 Å². The third-order valence-electron chi connectivity index (χ3n) is 5.21. The van der Waals surface area contributed by atoms with Crippen LogP contribution < -0.4 is 15.8 Å². The molecule has 0 saturated carbocycles. The Morgan fingerprint density at radius 2 is 2.19 bits per heavy atom. The minimum Gasteiger partial charge on any atom is -0.415 e. The molecule has 2 aliphatic rings. The lowest BCUT2D eigenvalue weighted by molar-refractivity contribution is -0.0531. The first-order valence-corrected chi connectivity index (χ1v) is 10.3. The maximum Gasteiger partial charge on any atom is 0.388 e. The minimum absolute atomic E-state index is 0.0566. The Kier molecular flexibility index (Phi) is 6.20. The number of anilines is 1. The van der Waals surface area contributed by atoms with Crippen molar-refractivity contribution in [2.45, 2.75) is 18.3 Å². The number of rotatable bonds is 6. The molecule has 1 amide bonds. The van der Waals surface area contributed by atoms with Crippen molar-refractivity contribution < 1.29 is 31.8 Å². The van der Waals surface area contributed by atoms with Gasteiger partial charge in [-0.25, -0.2) is 23.7 Å². The summed E-state index contributed by atoms with van der Waals surface area (Å²) in [7, 11) is 0. The quantitative estimate of drug-likeness (QED) is 0.623. The zero-order valence-electron chi connectivity index (χ0n) is 16.3. The number of ether oxygens (including phenoxy) is 2. The summed E-state index contributed by atoms with van der Waals surface area (Å²) in [5.74, 6) is -1.80. The van der Waals surface area contributed by atoms with E-state index in [9.17, 15) is 22.4 Å². The summed E-state index contributed by atoms with van der Waals surface area (Å²) >= 11 is 1.25. The van der Waals surface area contributed by atoms with E-state index in [4.69, 9.17) is 10.5 Å². The van der Waals surface area contributed by atoms with E-state index in [0.29, 0.717) is 5.75 Å². The van der Waals surface area contributed by atoms with Gasteiger partial charge in [-0.3, -0.25) is 4.79 Å². The fourth-order valence-electron chi connectivity index (χ4n) is 3.73. The highest BCUT2D eigenvalue weighted by molar-refractivity contribution is 8.13. The average Bonchev–Trinajstić information content (AvgIpc) is 3.13. The molecule has 0 aliphatic carbocycles. The number of nitrogens with zero attached hydrogens (tertiary/aromatic N) is 3. The number of hydrogen-bond donors (Lipinski definition) is 2. The van der Waals surface area contributed by atoms with Crippen LogP contribution in [0.15, 0.2) is 35.6 Å². The molecular weight excluding hydrogens is 454 g/mol. The third-order valence-corrected chi connectivity index (χ3v) is 6.13. The summed E-state index contributed by atoms with van der Waals surface area (Å²) in [5.41, 5.74) is 4.82. The second-order valence-corrected chi connectivity index (χ2v) is 8.10. The van der Waals surface area contributed by atoms with Gasteiger partial charge in [-0.15, -0.1) is 0 Å². The Morgan fingerprint density at radius 3 is 2.88 bits per heavy atom. The molecule has 0 spiro atoms. The Balaban J connectivity index is 1.60. The number of carbonyl (C=O) groups is 1. The number of alkyl halides is 3. The second-order valence-electron chi connectivity index (χ2n) is 7.06. The van der Waals surface area contributed by atoms with Crippen LogP contribution in [0.3, 0.4) is 0 Å². The Hall–Kier alpha value is -2.93. The van der Waals surface area contributed by atoms with E-state index < -0.39 is 48.5 Å². The van der Waals surface area contributed by atoms with Gasteiger partial charge in [0.15, 0.2) is 5.17 Å². The van der Waals surface area contributed by atoms with Crippen molar-refractivity contribution in [3.8, 4) is 5.88 Å². The van der Waals surface area contributed by atoms with Gasteiger partial charge in [0.05, 0.1) is 25.1 Å². The molecule has 0 bridgehead atoms. The van der Waals surface area contributed by atoms with Gasteiger partial charge in [-0.2, -0.15) is 8.78 Å². The Morgan fingerprint density at radius 1 is 1.38 bits per heavy atom. The standard InChI is InChI=1S/C19H17F4N5O3S/c20-4-14-11-7-32-18(24)28-19(11,8-30-14)10-3-9(1-2-12(10)21)27-16(29)13-5-26-15(6-25-13)31-17(22)23/h1-3,5-6,11,14,17H,4,7-8H2,(H2,24,28)(H,27,29)/t11-,14-,19-/m1/s1. The van der Waals surface area contributed by atoms with Crippen molar-refractivity contribution >= 4 is 28.5 Å². The number of thioether (sulfide) groups is 1. The van der Waals surface area contributed by atoms with E-state index in [1.807, 2.05) is 0 Å². The van der Waals surface area contributed by atoms with Crippen LogP contribution in [0.25, 0.3) is 0 Å². The monoisotopic (exact) mass is 471 g/mol. The average molecular weight is 471 g/mol. The topological polar surface area (TPSA) is 112 Å². The molecule has 1 aromatic heterocycles. The van der Waals surface area contributed by atoms with E-state index in [2.05, 4.69) is 25.0 Å². The normalized spacial score (nSPS) is 24.7. The molecular formula is C19H17F4N5O3S. The highest BCUT2D eigenvalue weighted by Crippen LogP contribution is 2.48. The van der Waals surface area contributed by atoms with Crippen molar-refractivity contribution in [3.63, 3.8) is 0 Å². The molecule has 170 valence electrons. The summed E-state index contributed by atoms with van der Waals surface area (Å²) in [6.07, 6.45) is 1.10. The van der Waals surface area contributed by atoms with Gasteiger partial charge in [0.1, 0.15) is 23.7 Å². The molecule has 32 heavy (non-hydrogen) atoms. The third kappa shape index (κ3) is 4.21. The first-order valence-electron chi connectivity index (χ1n) is 9.36. The second kappa shape index (κ2) is 8.90. The van der Waals surface area contributed by atoms with E-state index in [1.165, 1.54) is 23.9 Å². The number of amides is 1. The molecule has 1 fully saturated rings. The van der Waals surface area contributed by atoms with Crippen LogP contribution >= 0.6 is 11.8 Å². The number of carbonyl (C=O) groups excluding carboxylic acids is 1. The highest BCUT2D eigenvalue weighted by atomic mass is 32.2. The van der Waals surface area contributed by atoms with E-state index in [0.717, 1.165) is 18.5 Å². The number of nitrogens with two attached hydrogens (primary N) is 1. The number of fused-ring (bicyclic) bond motifs is 1. The van der Waals surface area contributed by atoms with Crippen LogP contribution in [-0.2, 0) is 10.3 Å². The molecule has 0 radical (unpaired) electrons. The first-order chi connectivity index (χ1) is 15.3. The van der Waals surface area contributed by atoms with Crippen molar-refractivity contribution in [1.29, 1.82) is 0 Å². The number of aromatic nitrogens is 2. The van der Waals surface area contributed by atoms with E-state index in [-0.39, 0.29) is 28.7 Å². The van der Waals surface area contributed by atoms with Crippen LogP contribution in [-0.4, -0.2) is 52.8 Å². The summed E-state index contributed by atoms with van der Waals surface area (Å²) in [5, 5.41) is 2.78. The highest BCUT2D eigenvalue weighted by Gasteiger charge is 2.54. The molecule has 13 heteroatoms. The molecule has 3 atom stereocenters. The van der Waals surface area contributed by atoms with Gasteiger partial charge >= 0.3 is 6.61 Å². The lowest BCUT2D eigenvalue weighted by Gasteiger charge is -2.35. The predicted octanol–water partition coefficient (Wildman–Crippen LogP) is 2.71. The largest absolute Gasteiger partial charge is 0.415 e. The lowest BCUT2D eigenvalue weighted by Crippen LogP contribution is -2.42. The molecule has 1 aromatic carbocycles. The number of halogens is 4. The Labute approximate surface area is 183 Å². The van der Waals surface area contributed by atoms with E-state index >= 15 is 0 Å². The number of benzene rings is 1. The summed E-state index contributed by atoms with van der Waals surface area (Å²) in [4.78, 5) is 24.2. The van der Waals surface area contributed by atoms with Gasteiger partial charge in [0.25, 0.3) is 5.91 Å². The molecule has 3 heterocycles. The zero-order chi connectivity index (χ0) is 22.9. The van der Waals surface area contributed by atoms with Crippen LogP contribution in [0.4, 0.5) is 23.2 Å². The molecule has 4 rings (SSSR count). The minimum atomic E-state index is -3.07. The molecule has 0 unspecified atom stereocenters. The first kappa shape index (κ1) is 22.3. The Bertz CT molecular complexity index is 1040. The van der Waals surface area contributed by atoms with Gasteiger partial charge in [0, 0.05) is 22.9 Å². The van der Waals surface area contributed by atoms with Crippen molar-refractivity contribution in [3.05, 3.63) is 47.7 Å². The summed E-state index contributed by atoms with van der Waals surface area (Å²) < 4.78 is 62.4. The molecule has 1 saturated heterocycles. The maximum atomic E-state index is 14.9. The fraction of sp³-hybridized carbons (Fsp3) is 0.368. The zero-order valence-corrected chi connectivity index (χ0v) is 17.1. The number of aliphatic imine (C=N–C) groups is 1. The molecule has 8 nitrogen and oxygen atoms in total. The number of amidine groups is 1. The van der Waals surface area contributed by atoms with Gasteiger partial charge in [-0.05, 0) is 18.2 Å². The SMILES string of the molecule is NC1=N[C@@]2(c3cc(NC(=O)c4cnc(OC(F)F)cn4)ccc3F)CO[C@H](CF)[C@H]2CS1. The lowest BCUT2D eigenvalue weighted by atomic mass is 9.79. The van der Waals surface area contributed by atoms with Crippen LogP contribution in [0, 0.1) is 11.7 Å². The number of nitrogens with one attached hydrogen (secondary N) is 1. The molecule has 2 aliphatic heterocycles. The smallest absolute Gasteiger partial charge is 0.388 e. The van der Waals surface area contributed by atoms with Crippen molar-refractivity contribution in [2.24, 2.45) is 16.6 Å². The van der Waals surface area contributed by atoms with Crippen LogP contribution in [0.5, 0.6) is 5.88 Å². The maximum absolute atomic E-state index is 14.9.